The van der Waals surface area contributed by atoms with Crippen LogP contribution < -0.4 is 5.32 Å². The van der Waals surface area contributed by atoms with Crippen molar-refractivity contribution >= 4 is 11.6 Å². The van der Waals surface area contributed by atoms with E-state index in [9.17, 15) is 19.1 Å². The van der Waals surface area contributed by atoms with Crippen LogP contribution in [0.4, 0.5) is 4.39 Å². The monoisotopic (exact) mass is 349 g/mol. The predicted octanol–water partition coefficient (Wildman–Crippen LogP) is 1.69. The SMILES string of the molecule is CC(=O)C1=C(NCCO)CC(C)(O)C(C(C)=O)C1c1ccc(F)cc1. The Labute approximate surface area is 146 Å². The van der Waals surface area contributed by atoms with E-state index in [0.29, 0.717) is 16.8 Å². The van der Waals surface area contributed by atoms with Crippen LogP contribution >= 0.6 is 0 Å². The van der Waals surface area contributed by atoms with Gasteiger partial charge >= 0.3 is 0 Å². The first-order chi connectivity index (χ1) is 11.7. The highest BCUT2D eigenvalue weighted by atomic mass is 19.1. The van der Waals surface area contributed by atoms with Crippen LogP contribution in [0, 0.1) is 11.7 Å². The molecular weight excluding hydrogens is 325 g/mol. The van der Waals surface area contributed by atoms with Gasteiger partial charge in [0.1, 0.15) is 11.6 Å². The van der Waals surface area contributed by atoms with Crippen LogP contribution in [0.2, 0.25) is 0 Å². The number of rotatable bonds is 6. The van der Waals surface area contributed by atoms with Gasteiger partial charge in [0.05, 0.1) is 18.1 Å². The van der Waals surface area contributed by atoms with Crippen molar-refractivity contribution in [3.63, 3.8) is 0 Å². The second kappa shape index (κ2) is 7.45. The number of aliphatic hydroxyl groups is 2. The molecule has 25 heavy (non-hydrogen) atoms. The maximum absolute atomic E-state index is 13.3. The Balaban J connectivity index is 2.68. The average molecular weight is 349 g/mol. The standard InChI is InChI=1S/C19H24FNO4/c1-11(23)16-15(21-8-9-22)10-19(3,25)18(12(2)24)17(16)13-4-6-14(20)7-5-13/h4-7,17-18,21-22,25H,8-10H2,1-3H3. The molecule has 1 aromatic rings. The summed E-state index contributed by atoms with van der Waals surface area (Å²) in [7, 11) is 0. The van der Waals surface area contributed by atoms with Crippen LogP contribution in [0.25, 0.3) is 0 Å². The van der Waals surface area contributed by atoms with Crippen LogP contribution in [0.15, 0.2) is 35.5 Å². The molecule has 0 heterocycles. The van der Waals surface area contributed by atoms with Crippen molar-refractivity contribution in [3.8, 4) is 0 Å². The number of benzene rings is 1. The lowest BCUT2D eigenvalue weighted by molar-refractivity contribution is -0.131. The second-order valence-corrected chi connectivity index (χ2v) is 6.75. The molecule has 0 saturated carbocycles. The maximum Gasteiger partial charge on any atom is 0.158 e. The molecule has 0 amide bonds. The molecule has 0 aromatic heterocycles. The van der Waals surface area contributed by atoms with Gasteiger partial charge in [0.25, 0.3) is 0 Å². The summed E-state index contributed by atoms with van der Waals surface area (Å²) in [4.78, 5) is 24.7. The topological polar surface area (TPSA) is 86.6 Å². The number of Topliss-reactive ketones (excluding diaryl/α,β-unsaturated/α-hetero) is 2. The van der Waals surface area contributed by atoms with Crippen LogP contribution in [0.1, 0.15) is 38.7 Å². The fourth-order valence-electron chi connectivity index (χ4n) is 3.77. The zero-order chi connectivity index (χ0) is 18.8. The highest BCUT2D eigenvalue weighted by Crippen LogP contribution is 2.47. The number of halogens is 1. The van der Waals surface area contributed by atoms with E-state index in [-0.39, 0.29) is 31.1 Å². The van der Waals surface area contributed by atoms with E-state index in [1.54, 1.807) is 6.92 Å². The lowest BCUT2D eigenvalue weighted by atomic mass is 9.64. The van der Waals surface area contributed by atoms with Crippen molar-refractivity contribution in [1.82, 2.24) is 5.32 Å². The summed E-state index contributed by atoms with van der Waals surface area (Å²) in [5, 5.41) is 23.0. The molecule has 2 rings (SSSR count). The average Bonchev–Trinajstić information content (AvgIpc) is 2.51. The van der Waals surface area contributed by atoms with Crippen molar-refractivity contribution in [1.29, 1.82) is 0 Å². The fourth-order valence-corrected chi connectivity index (χ4v) is 3.77. The van der Waals surface area contributed by atoms with E-state index in [0.717, 1.165) is 0 Å². The highest BCUT2D eigenvalue weighted by Gasteiger charge is 2.49. The van der Waals surface area contributed by atoms with Crippen molar-refractivity contribution in [2.24, 2.45) is 5.92 Å². The first-order valence-corrected chi connectivity index (χ1v) is 8.26. The number of hydrogen-bond donors (Lipinski definition) is 3. The fraction of sp³-hybridized carbons (Fsp3) is 0.474. The van der Waals surface area contributed by atoms with Crippen molar-refractivity contribution in [3.05, 3.63) is 46.9 Å². The summed E-state index contributed by atoms with van der Waals surface area (Å²) in [5.74, 6) is -2.38. The Morgan fingerprint density at radius 3 is 2.36 bits per heavy atom. The van der Waals surface area contributed by atoms with E-state index in [1.807, 2.05) is 0 Å². The molecule has 1 aliphatic carbocycles. The Morgan fingerprint density at radius 1 is 1.28 bits per heavy atom. The highest BCUT2D eigenvalue weighted by molar-refractivity contribution is 5.98. The molecule has 136 valence electrons. The van der Waals surface area contributed by atoms with E-state index >= 15 is 0 Å². The minimum Gasteiger partial charge on any atom is -0.395 e. The van der Waals surface area contributed by atoms with Gasteiger partial charge in [-0.1, -0.05) is 12.1 Å². The Morgan fingerprint density at radius 2 is 1.88 bits per heavy atom. The summed E-state index contributed by atoms with van der Waals surface area (Å²) in [6.45, 7) is 4.45. The molecule has 3 N–H and O–H groups in total. The van der Waals surface area contributed by atoms with E-state index in [2.05, 4.69) is 5.32 Å². The number of nitrogens with one attached hydrogen (secondary N) is 1. The number of carbonyl (C=O) groups is 2. The molecule has 0 spiro atoms. The lowest BCUT2D eigenvalue weighted by Crippen LogP contribution is -2.49. The normalized spacial score (nSPS) is 26.5. The molecule has 1 aromatic carbocycles. The van der Waals surface area contributed by atoms with Crippen molar-refractivity contribution in [2.45, 2.75) is 38.7 Å². The second-order valence-electron chi connectivity index (χ2n) is 6.75. The molecule has 0 aliphatic heterocycles. The van der Waals surface area contributed by atoms with Gasteiger partial charge in [0.15, 0.2) is 5.78 Å². The maximum atomic E-state index is 13.3. The Kier molecular flexibility index (Phi) is 5.75. The molecule has 0 radical (unpaired) electrons. The lowest BCUT2D eigenvalue weighted by Gasteiger charge is -2.43. The molecule has 5 nitrogen and oxygen atoms in total. The molecule has 0 fully saturated rings. The van der Waals surface area contributed by atoms with Crippen LogP contribution in [-0.4, -0.2) is 40.5 Å². The van der Waals surface area contributed by atoms with Gasteiger partial charge in [-0.3, -0.25) is 9.59 Å². The largest absolute Gasteiger partial charge is 0.395 e. The number of allylic oxidation sites excluding steroid dienone is 1. The zero-order valence-electron chi connectivity index (χ0n) is 14.7. The molecular formula is C19H24FNO4. The summed E-state index contributed by atoms with van der Waals surface area (Å²) in [6, 6.07) is 5.61. The third-order valence-corrected chi connectivity index (χ3v) is 4.67. The number of ketones is 2. The van der Waals surface area contributed by atoms with Gasteiger partial charge in [-0.05, 0) is 38.5 Å². The van der Waals surface area contributed by atoms with Crippen LogP contribution in [0.3, 0.4) is 0 Å². The van der Waals surface area contributed by atoms with Gasteiger partial charge in [0.2, 0.25) is 0 Å². The molecule has 6 heteroatoms. The first-order valence-electron chi connectivity index (χ1n) is 8.26. The predicted molar refractivity (Wildman–Crippen MR) is 91.3 cm³/mol. The van der Waals surface area contributed by atoms with E-state index < -0.39 is 23.3 Å². The quantitative estimate of drug-likeness (QED) is 0.728. The Bertz CT molecular complexity index is 694. The summed E-state index contributed by atoms with van der Waals surface area (Å²) in [5.41, 5.74) is 0.127. The third-order valence-electron chi connectivity index (χ3n) is 4.67. The first kappa shape index (κ1) is 19.3. The zero-order valence-corrected chi connectivity index (χ0v) is 14.7. The molecule has 0 bridgehead atoms. The molecule has 1 aliphatic rings. The van der Waals surface area contributed by atoms with Crippen molar-refractivity contribution in [2.75, 3.05) is 13.2 Å². The van der Waals surface area contributed by atoms with Gasteiger partial charge < -0.3 is 15.5 Å². The van der Waals surface area contributed by atoms with Crippen molar-refractivity contribution < 1.29 is 24.2 Å². The van der Waals surface area contributed by atoms with E-state index in [1.165, 1.54) is 38.1 Å². The number of hydrogen-bond acceptors (Lipinski definition) is 5. The molecule has 0 saturated heterocycles. The van der Waals surface area contributed by atoms with Crippen LogP contribution in [-0.2, 0) is 9.59 Å². The van der Waals surface area contributed by atoms with Gasteiger partial charge in [-0.25, -0.2) is 4.39 Å². The van der Waals surface area contributed by atoms with Gasteiger partial charge in [-0.15, -0.1) is 0 Å². The summed E-state index contributed by atoms with van der Waals surface area (Å²) >= 11 is 0. The van der Waals surface area contributed by atoms with Gasteiger partial charge in [-0.2, -0.15) is 0 Å². The minimum atomic E-state index is -1.37. The van der Waals surface area contributed by atoms with Crippen LogP contribution in [0.5, 0.6) is 0 Å². The van der Waals surface area contributed by atoms with Gasteiger partial charge in [0, 0.05) is 30.2 Å². The van der Waals surface area contributed by atoms with E-state index in [4.69, 9.17) is 5.11 Å². The Hall–Kier alpha value is -2.05. The third kappa shape index (κ3) is 3.96. The number of aliphatic hydroxyl groups excluding tert-OH is 1. The smallest absolute Gasteiger partial charge is 0.158 e. The summed E-state index contributed by atoms with van der Waals surface area (Å²) in [6.07, 6.45) is 0.101. The molecule has 3 unspecified atom stereocenters. The minimum absolute atomic E-state index is 0.101. The number of carbonyl (C=O) groups excluding carboxylic acids is 2. The molecule has 3 atom stereocenters. The summed E-state index contributed by atoms with van der Waals surface area (Å²) < 4.78 is 13.3.